The van der Waals surface area contributed by atoms with Gasteiger partial charge in [-0.05, 0) is 41.9 Å². The molecule has 1 aromatic heterocycles. The highest BCUT2D eigenvalue weighted by molar-refractivity contribution is 5.94. The van der Waals surface area contributed by atoms with Gasteiger partial charge in [-0.2, -0.15) is 0 Å². The van der Waals surface area contributed by atoms with Gasteiger partial charge in [0.15, 0.2) is 0 Å². The zero-order chi connectivity index (χ0) is 30.8. The third kappa shape index (κ3) is 8.91. The first kappa shape index (κ1) is 32.3. The van der Waals surface area contributed by atoms with Crippen LogP contribution in [-0.4, -0.2) is 57.9 Å². The average Bonchev–Trinajstić information content (AvgIpc) is 3.37. The normalized spacial score (nSPS) is 14.9. The first-order valence-corrected chi connectivity index (χ1v) is 14.5. The molecule has 0 radical (unpaired) electrons. The van der Waals surface area contributed by atoms with Crippen molar-refractivity contribution in [1.82, 2.24) is 20.9 Å². The Morgan fingerprint density at radius 1 is 0.833 bits per heavy atom. The summed E-state index contributed by atoms with van der Waals surface area (Å²) in [6.07, 6.45) is 3.01. The third-order valence-corrected chi connectivity index (χ3v) is 7.48. The zero-order valence-corrected chi connectivity index (χ0v) is 24.7. The number of rotatable bonds is 15. The predicted octanol–water partition coefficient (Wildman–Crippen LogP) is 2.91. The quantitative estimate of drug-likeness (QED) is 0.162. The lowest BCUT2D eigenvalue weighted by Gasteiger charge is -2.28. The third-order valence-electron chi connectivity index (χ3n) is 7.48. The number of carbonyl (C=O) groups excluding carboxylic acids is 3. The van der Waals surface area contributed by atoms with E-state index in [-0.39, 0.29) is 18.3 Å². The molecule has 7 N–H and O–H groups in total. The molecular weight excluding hydrogens is 534 g/mol. The fraction of sp³-hybridized carbons (Fsp3) is 0.438. The van der Waals surface area contributed by atoms with E-state index in [0.717, 1.165) is 22.0 Å². The monoisotopic (exact) mass is 577 g/mol. The SMILES string of the molecule is CCC(C)C(NC(=O)C(CC(C)C)NC(=O)C(N)Cc1ccccc1)C(=O)NC(Cc1c[nH]c2ccccc12)C(=O)O. The molecule has 0 saturated carbocycles. The van der Waals surface area contributed by atoms with Crippen molar-refractivity contribution >= 4 is 34.6 Å². The second-order valence-corrected chi connectivity index (χ2v) is 11.3. The van der Waals surface area contributed by atoms with Crippen LogP contribution < -0.4 is 21.7 Å². The molecule has 42 heavy (non-hydrogen) atoms. The highest BCUT2D eigenvalue weighted by atomic mass is 16.4. The second kappa shape index (κ2) is 15.2. The van der Waals surface area contributed by atoms with E-state index >= 15 is 0 Å². The zero-order valence-electron chi connectivity index (χ0n) is 24.7. The molecule has 5 unspecified atom stereocenters. The minimum atomic E-state index is -1.21. The second-order valence-electron chi connectivity index (χ2n) is 11.3. The smallest absolute Gasteiger partial charge is 0.326 e. The number of para-hydroxylation sites is 1. The number of aliphatic carboxylic acids is 1. The van der Waals surface area contributed by atoms with Gasteiger partial charge in [0.25, 0.3) is 0 Å². The number of aromatic amines is 1. The standard InChI is InChI=1S/C32H43N5O5/c1-5-20(4)28(31(40)36-27(32(41)42)17-22-18-34-25-14-10-9-13-23(22)25)37-30(39)26(15-19(2)3)35-29(38)24(33)16-21-11-7-6-8-12-21/h6-14,18-20,24,26-28,34H,5,15-17,33H2,1-4H3,(H,35,38)(H,36,40)(H,37,39)(H,41,42). The van der Waals surface area contributed by atoms with Crippen LogP contribution in [0, 0.1) is 11.8 Å². The molecule has 10 heteroatoms. The largest absolute Gasteiger partial charge is 0.480 e. The van der Waals surface area contributed by atoms with E-state index in [4.69, 9.17) is 5.73 Å². The number of aromatic nitrogens is 1. The number of amides is 3. The number of carboxylic acids is 1. The molecule has 1 heterocycles. The van der Waals surface area contributed by atoms with Crippen molar-refractivity contribution in [2.45, 2.75) is 77.5 Å². The Morgan fingerprint density at radius 2 is 1.48 bits per heavy atom. The topological polar surface area (TPSA) is 166 Å². The Bertz CT molecular complexity index is 1360. The molecule has 0 aliphatic carbocycles. The summed E-state index contributed by atoms with van der Waals surface area (Å²) in [5.74, 6) is -3.00. The van der Waals surface area contributed by atoms with E-state index < -0.39 is 47.9 Å². The van der Waals surface area contributed by atoms with Gasteiger partial charge in [0.2, 0.25) is 17.7 Å². The van der Waals surface area contributed by atoms with Crippen LogP contribution in [0.3, 0.4) is 0 Å². The summed E-state index contributed by atoms with van der Waals surface area (Å²) < 4.78 is 0. The lowest BCUT2D eigenvalue weighted by Crippen LogP contribution is -2.59. The highest BCUT2D eigenvalue weighted by Gasteiger charge is 2.33. The van der Waals surface area contributed by atoms with Crippen LogP contribution in [0.4, 0.5) is 0 Å². The van der Waals surface area contributed by atoms with Crippen molar-refractivity contribution in [2.24, 2.45) is 17.6 Å². The van der Waals surface area contributed by atoms with Crippen LogP contribution in [0.5, 0.6) is 0 Å². The van der Waals surface area contributed by atoms with Gasteiger partial charge in [-0.15, -0.1) is 0 Å². The van der Waals surface area contributed by atoms with E-state index in [1.807, 2.05) is 82.3 Å². The molecule has 0 saturated heterocycles. The summed E-state index contributed by atoms with van der Waals surface area (Å²) >= 11 is 0. The van der Waals surface area contributed by atoms with Crippen molar-refractivity contribution in [2.75, 3.05) is 0 Å². The van der Waals surface area contributed by atoms with Crippen LogP contribution in [0.25, 0.3) is 10.9 Å². The lowest BCUT2D eigenvalue weighted by molar-refractivity contribution is -0.142. The van der Waals surface area contributed by atoms with E-state index in [1.54, 1.807) is 6.20 Å². The number of fused-ring (bicyclic) bond motifs is 1. The Hall–Kier alpha value is -4.18. The number of H-pyrrole nitrogens is 1. The fourth-order valence-electron chi connectivity index (χ4n) is 4.88. The molecule has 0 aliphatic rings. The molecule has 3 aromatic rings. The summed E-state index contributed by atoms with van der Waals surface area (Å²) in [4.78, 5) is 55.2. The molecule has 0 aliphatic heterocycles. The van der Waals surface area contributed by atoms with Gasteiger partial charge in [0.1, 0.15) is 18.1 Å². The van der Waals surface area contributed by atoms with Crippen LogP contribution in [0.1, 0.15) is 51.7 Å². The number of carboxylic acid groups (broad SMARTS) is 1. The van der Waals surface area contributed by atoms with Crippen LogP contribution in [0.2, 0.25) is 0 Å². The van der Waals surface area contributed by atoms with Crippen molar-refractivity contribution in [3.8, 4) is 0 Å². The van der Waals surface area contributed by atoms with Gasteiger partial charge in [-0.1, -0.05) is 82.6 Å². The Labute approximate surface area is 246 Å². The number of nitrogens with two attached hydrogens (primary N) is 1. The van der Waals surface area contributed by atoms with Gasteiger partial charge in [0, 0.05) is 23.5 Å². The minimum Gasteiger partial charge on any atom is -0.480 e. The average molecular weight is 578 g/mol. The van der Waals surface area contributed by atoms with Gasteiger partial charge in [0.05, 0.1) is 6.04 Å². The van der Waals surface area contributed by atoms with Crippen LogP contribution >= 0.6 is 0 Å². The maximum atomic E-state index is 13.5. The van der Waals surface area contributed by atoms with Crippen molar-refractivity contribution in [1.29, 1.82) is 0 Å². The first-order chi connectivity index (χ1) is 20.0. The van der Waals surface area contributed by atoms with E-state index in [9.17, 15) is 24.3 Å². The molecular formula is C32H43N5O5. The van der Waals surface area contributed by atoms with Crippen molar-refractivity contribution < 1.29 is 24.3 Å². The number of hydrogen-bond acceptors (Lipinski definition) is 5. The summed E-state index contributed by atoms with van der Waals surface area (Å²) in [6, 6.07) is 12.9. The van der Waals surface area contributed by atoms with E-state index in [2.05, 4.69) is 20.9 Å². The van der Waals surface area contributed by atoms with Crippen LogP contribution in [-0.2, 0) is 32.0 Å². The lowest BCUT2D eigenvalue weighted by atomic mass is 9.95. The molecule has 0 fully saturated rings. The Morgan fingerprint density at radius 3 is 2.12 bits per heavy atom. The number of hydrogen-bond donors (Lipinski definition) is 6. The van der Waals surface area contributed by atoms with Gasteiger partial charge < -0.3 is 31.8 Å². The minimum absolute atomic E-state index is 0.0647. The maximum absolute atomic E-state index is 13.5. The molecule has 10 nitrogen and oxygen atoms in total. The highest BCUT2D eigenvalue weighted by Crippen LogP contribution is 2.20. The Balaban J connectivity index is 1.72. The van der Waals surface area contributed by atoms with Gasteiger partial charge in [-0.25, -0.2) is 4.79 Å². The molecule has 2 aromatic carbocycles. The molecule has 226 valence electrons. The van der Waals surface area contributed by atoms with Crippen molar-refractivity contribution in [3.63, 3.8) is 0 Å². The van der Waals surface area contributed by atoms with Gasteiger partial charge >= 0.3 is 5.97 Å². The molecule has 3 rings (SSSR count). The number of nitrogens with one attached hydrogen (secondary N) is 4. The summed E-state index contributed by atoms with van der Waals surface area (Å²) in [6.45, 7) is 7.55. The first-order valence-electron chi connectivity index (χ1n) is 14.5. The summed E-state index contributed by atoms with van der Waals surface area (Å²) in [5, 5.41) is 19.0. The summed E-state index contributed by atoms with van der Waals surface area (Å²) in [5.41, 5.74) is 8.69. The molecule has 3 amide bonds. The van der Waals surface area contributed by atoms with Gasteiger partial charge in [-0.3, -0.25) is 14.4 Å². The maximum Gasteiger partial charge on any atom is 0.326 e. The molecule has 0 spiro atoms. The molecule has 5 atom stereocenters. The summed E-state index contributed by atoms with van der Waals surface area (Å²) in [7, 11) is 0. The van der Waals surface area contributed by atoms with Crippen molar-refractivity contribution in [3.05, 3.63) is 71.9 Å². The van der Waals surface area contributed by atoms with Crippen LogP contribution in [0.15, 0.2) is 60.8 Å². The van der Waals surface area contributed by atoms with E-state index in [1.165, 1.54) is 0 Å². The Kier molecular flexibility index (Phi) is 11.7. The number of carbonyl (C=O) groups is 4. The van der Waals surface area contributed by atoms with E-state index in [0.29, 0.717) is 19.3 Å². The number of benzene rings is 2. The molecule has 0 bridgehead atoms. The fourth-order valence-corrected chi connectivity index (χ4v) is 4.88. The predicted molar refractivity (Wildman–Crippen MR) is 162 cm³/mol.